The summed E-state index contributed by atoms with van der Waals surface area (Å²) in [4.78, 5) is 14.1. The Balaban J connectivity index is 1.41. The highest BCUT2D eigenvalue weighted by Gasteiger charge is 2.22. The Bertz CT molecular complexity index is 733. The fourth-order valence-corrected chi connectivity index (χ4v) is 2.81. The van der Waals surface area contributed by atoms with Crippen LogP contribution in [-0.4, -0.2) is 50.8 Å². The lowest BCUT2D eigenvalue weighted by atomic mass is 10.2. The lowest BCUT2D eigenvalue weighted by Gasteiger charge is -2.29. The SMILES string of the molecule is COc1ccc(CNC(=O)CN(C)CC2COc3ccccc3O2)cc1. The molecule has 1 aliphatic heterocycles. The number of para-hydroxylation sites is 2. The molecule has 1 atom stereocenters. The van der Waals surface area contributed by atoms with E-state index in [2.05, 4.69) is 5.32 Å². The maximum atomic E-state index is 12.1. The standard InChI is InChI=1S/C20H24N2O4/c1-22(12-17-14-25-18-5-3-4-6-19(18)26-17)13-20(23)21-11-15-7-9-16(24-2)10-8-15/h3-10,17H,11-14H2,1-2H3,(H,21,23). The first-order chi connectivity index (χ1) is 12.6. The molecule has 3 rings (SSSR count). The summed E-state index contributed by atoms with van der Waals surface area (Å²) in [6.07, 6.45) is -0.0933. The Labute approximate surface area is 153 Å². The van der Waals surface area contributed by atoms with E-state index in [1.807, 2.05) is 60.5 Å². The molecule has 2 aromatic carbocycles. The van der Waals surface area contributed by atoms with E-state index in [9.17, 15) is 4.79 Å². The molecule has 1 aliphatic rings. The second-order valence-electron chi connectivity index (χ2n) is 6.32. The van der Waals surface area contributed by atoms with Gasteiger partial charge in [-0.2, -0.15) is 0 Å². The van der Waals surface area contributed by atoms with Crippen molar-refractivity contribution in [2.24, 2.45) is 0 Å². The van der Waals surface area contributed by atoms with Crippen LogP contribution >= 0.6 is 0 Å². The van der Waals surface area contributed by atoms with E-state index in [1.165, 1.54) is 0 Å². The Morgan fingerprint density at radius 2 is 1.92 bits per heavy atom. The van der Waals surface area contributed by atoms with E-state index in [1.54, 1.807) is 7.11 Å². The van der Waals surface area contributed by atoms with Crippen LogP contribution in [0.25, 0.3) is 0 Å². The van der Waals surface area contributed by atoms with E-state index in [-0.39, 0.29) is 12.0 Å². The Hall–Kier alpha value is -2.73. The summed E-state index contributed by atoms with van der Waals surface area (Å²) in [6.45, 7) is 1.89. The number of nitrogens with one attached hydrogen (secondary N) is 1. The van der Waals surface area contributed by atoms with E-state index < -0.39 is 0 Å². The second-order valence-corrected chi connectivity index (χ2v) is 6.32. The summed E-state index contributed by atoms with van der Waals surface area (Å²) >= 11 is 0. The van der Waals surface area contributed by atoms with Crippen molar-refractivity contribution in [1.29, 1.82) is 0 Å². The molecule has 0 bridgehead atoms. The quantitative estimate of drug-likeness (QED) is 0.823. The summed E-state index contributed by atoms with van der Waals surface area (Å²) in [7, 11) is 3.53. The van der Waals surface area contributed by atoms with Crippen molar-refractivity contribution in [3.05, 3.63) is 54.1 Å². The molecule has 1 amide bonds. The monoisotopic (exact) mass is 356 g/mol. The molecule has 0 aromatic heterocycles. The summed E-state index contributed by atoms with van der Waals surface area (Å²) in [5.41, 5.74) is 1.03. The fraction of sp³-hybridized carbons (Fsp3) is 0.350. The summed E-state index contributed by atoms with van der Waals surface area (Å²) < 4.78 is 16.8. The normalized spacial score (nSPS) is 15.6. The molecular weight excluding hydrogens is 332 g/mol. The zero-order valence-electron chi connectivity index (χ0n) is 15.1. The number of likely N-dealkylation sites (N-methyl/N-ethyl adjacent to an activating group) is 1. The van der Waals surface area contributed by atoms with Crippen LogP contribution in [0.1, 0.15) is 5.56 Å². The smallest absolute Gasteiger partial charge is 0.234 e. The van der Waals surface area contributed by atoms with Gasteiger partial charge < -0.3 is 19.5 Å². The highest BCUT2D eigenvalue weighted by molar-refractivity contribution is 5.77. The van der Waals surface area contributed by atoms with Crippen molar-refractivity contribution in [3.63, 3.8) is 0 Å². The number of amides is 1. The number of hydrogen-bond acceptors (Lipinski definition) is 5. The van der Waals surface area contributed by atoms with Gasteiger partial charge in [0.2, 0.25) is 5.91 Å². The predicted molar refractivity (Wildman–Crippen MR) is 98.7 cm³/mol. The number of benzene rings is 2. The molecule has 2 aromatic rings. The van der Waals surface area contributed by atoms with Crippen LogP contribution in [-0.2, 0) is 11.3 Å². The lowest BCUT2D eigenvalue weighted by molar-refractivity contribution is -0.122. The molecule has 0 saturated heterocycles. The van der Waals surface area contributed by atoms with Crippen molar-refractivity contribution in [2.75, 3.05) is 33.9 Å². The topological polar surface area (TPSA) is 60.0 Å². The zero-order valence-corrected chi connectivity index (χ0v) is 15.1. The van der Waals surface area contributed by atoms with Crippen molar-refractivity contribution in [3.8, 4) is 17.2 Å². The molecule has 0 spiro atoms. The van der Waals surface area contributed by atoms with Gasteiger partial charge in [-0.05, 0) is 36.9 Å². The Morgan fingerprint density at radius 3 is 2.65 bits per heavy atom. The highest BCUT2D eigenvalue weighted by Crippen LogP contribution is 2.30. The van der Waals surface area contributed by atoms with Gasteiger partial charge in [-0.15, -0.1) is 0 Å². The second kappa shape index (κ2) is 8.58. The van der Waals surface area contributed by atoms with Crippen molar-refractivity contribution in [1.82, 2.24) is 10.2 Å². The third kappa shape index (κ3) is 4.89. The average Bonchev–Trinajstić information content (AvgIpc) is 2.66. The minimum absolute atomic E-state index is 0.0274. The fourth-order valence-electron chi connectivity index (χ4n) is 2.81. The lowest BCUT2D eigenvalue weighted by Crippen LogP contribution is -2.43. The van der Waals surface area contributed by atoms with E-state index in [4.69, 9.17) is 14.2 Å². The zero-order chi connectivity index (χ0) is 18.4. The summed E-state index contributed by atoms with van der Waals surface area (Å²) in [5.74, 6) is 2.29. The molecule has 0 radical (unpaired) electrons. The first-order valence-electron chi connectivity index (χ1n) is 8.60. The van der Waals surface area contributed by atoms with Crippen LogP contribution in [0.5, 0.6) is 17.2 Å². The van der Waals surface area contributed by atoms with Gasteiger partial charge in [-0.25, -0.2) is 0 Å². The van der Waals surface area contributed by atoms with Crippen LogP contribution in [0.4, 0.5) is 0 Å². The number of fused-ring (bicyclic) bond motifs is 1. The van der Waals surface area contributed by atoms with Gasteiger partial charge in [0.15, 0.2) is 11.5 Å². The van der Waals surface area contributed by atoms with E-state index in [0.717, 1.165) is 22.8 Å². The van der Waals surface area contributed by atoms with Gasteiger partial charge in [-0.3, -0.25) is 9.69 Å². The number of nitrogens with zero attached hydrogens (tertiary/aromatic N) is 1. The van der Waals surface area contributed by atoms with Gasteiger partial charge in [0.05, 0.1) is 13.7 Å². The van der Waals surface area contributed by atoms with Gasteiger partial charge in [-0.1, -0.05) is 24.3 Å². The molecule has 0 saturated carbocycles. The first kappa shape index (κ1) is 18.1. The number of ether oxygens (including phenoxy) is 3. The minimum atomic E-state index is -0.0933. The molecule has 0 aliphatic carbocycles. The third-order valence-corrected chi connectivity index (χ3v) is 4.15. The van der Waals surface area contributed by atoms with E-state index >= 15 is 0 Å². The van der Waals surface area contributed by atoms with Crippen LogP contribution in [0.2, 0.25) is 0 Å². The number of rotatable bonds is 7. The summed E-state index contributed by atoms with van der Waals surface area (Å²) in [5, 5.41) is 2.93. The minimum Gasteiger partial charge on any atom is -0.497 e. The number of carbonyl (C=O) groups is 1. The molecule has 0 fully saturated rings. The van der Waals surface area contributed by atoms with E-state index in [0.29, 0.717) is 26.2 Å². The number of methoxy groups -OCH3 is 1. The van der Waals surface area contributed by atoms with Crippen LogP contribution in [0, 0.1) is 0 Å². The molecule has 6 nitrogen and oxygen atoms in total. The first-order valence-corrected chi connectivity index (χ1v) is 8.60. The molecule has 6 heteroatoms. The largest absolute Gasteiger partial charge is 0.497 e. The molecule has 1 N–H and O–H groups in total. The third-order valence-electron chi connectivity index (χ3n) is 4.15. The highest BCUT2D eigenvalue weighted by atomic mass is 16.6. The predicted octanol–water partition coefficient (Wildman–Crippen LogP) is 2.08. The van der Waals surface area contributed by atoms with Crippen molar-refractivity contribution in [2.45, 2.75) is 12.6 Å². The van der Waals surface area contributed by atoms with Crippen LogP contribution < -0.4 is 19.5 Å². The molecular formula is C20H24N2O4. The maximum absolute atomic E-state index is 12.1. The molecule has 1 unspecified atom stereocenters. The maximum Gasteiger partial charge on any atom is 0.234 e. The number of carbonyl (C=O) groups excluding carboxylic acids is 1. The molecule has 26 heavy (non-hydrogen) atoms. The van der Waals surface area contributed by atoms with Crippen LogP contribution in [0.15, 0.2) is 48.5 Å². The van der Waals surface area contributed by atoms with Gasteiger partial charge in [0, 0.05) is 13.1 Å². The van der Waals surface area contributed by atoms with Crippen LogP contribution in [0.3, 0.4) is 0 Å². The van der Waals surface area contributed by atoms with Gasteiger partial charge in [0.25, 0.3) is 0 Å². The Kier molecular flexibility index (Phi) is 5.96. The van der Waals surface area contributed by atoms with Gasteiger partial charge in [0.1, 0.15) is 18.5 Å². The van der Waals surface area contributed by atoms with Gasteiger partial charge >= 0.3 is 0 Å². The average molecular weight is 356 g/mol. The summed E-state index contributed by atoms with van der Waals surface area (Å²) in [6, 6.07) is 15.3. The van der Waals surface area contributed by atoms with Crippen molar-refractivity contribution >= 4 is 5.91 Å². The number of hydrogen-bond donors (Lipinski definition) is 1. The molecule has 1 heterocycles. The Morgan fingerprint density at radius 1 is 1.19 bits per heavy atom. The van der Waals surface area contributed by atoms with Crippen molar-refractivity contribution < 1.29 is 19.0 Å². The molecule has 138 valence electrons.